The second-order valence-corrected chi connectivity index (χ2v) is 11.3. The van der Waals surface area contributed by atoms with E-state index in [4.69, 9.17) is 21.1 Å². The maximum atomic E-state index is 13.7. The van der Waals surface area contributed by atoms with Gasteiger partial charge in [-0.25, -0.2) is 23.9 Å². The Morgan fingerprint density at radius 1 is 1.13 bits per heavy atom. The minimum absolute atomic E-state index is 0.0229. The van der Waals surface area contributed by atoms with Crippen molar-refractivity contribution >= 4 is 23.4 Å². The Kier molecular flexibility index (Phi) is 8.06. The lowest BCUT2D eigenvalue weighted by molar-refractivity contribution is -0.000314. The van der Waals surface area contributed by atoms with Crippen LogP contribution in [0.25, 0.3) is 0 Å². The Morgan fingerprint density at radius 2 is 1.79 bits per heavy atom. The number of aryl methyl sites for hydroxylation is 1. The second-order valence-electron chi connectivity index (χ2n) is 10.9. The summed E-state index contributed by atoms with van der Waals surface area (Å²) >= 11 is 6.05. The van der Waals surface area contributed by atoms with E-state index in [9.17, 15) is 14.4 Å². The molecule has 1 saturated heterocycles. The Hall–Kier alpha value is -3.79. The molecule has 0 radical (unpaired) electrons. The predicted molar refractivity (Wildman–Crippen MR) is 149 cm³/mol. The van der Waals surface area contributed by atoms with Crippen molar-refractivity contribution in [2.75, 3.05) is 13.1 Å². The molecule has 0 atom stereocenters. The molecule has 1 fully saturated rings. The molecule has 1 amide bonds. The fourth-order valence-electron chi connectivity index (χ4n) is 4.16. The number of rotatable bonds is 6. The molecule has 3 aromatic rings. The monoisotopic (exact) mass is 555 g/mol. The highest BCUT2D eigenvalue weighted by atomic mass is 35.5. The fourth-order valence-corrected chi connectivity index (χ4v) is 4.29. The molecule has 0 spiro atoms. The first-order valence-corrected chi connectivity index (χ1v) is 13.2. The maximum Gasteiger partial charge on any atom is 0.410 e. The number of ether oxygens (including phenoxy) is 2. The summed E-state index contributed by atoms with van der Waals surface area (Å²) in [4.78, 5) is 48.1. The van der Waals surface area contributed by atoms with Gasteiger partial charge in [-0.3, -0.25) is 9.55 Å². The van der Waals surface area contributed by atoms with Crippen LogP contribution in [0, 0.1) is 6.92 Å². The van der Waals surface area contributed by atoms with Crippen LogP contribution in [0.1, 0.15) is 51.8 Å². The highest BCUT2D eigenvalue weighted by Crippen LogP contribution is 2.24. The SMILES string of the molecule is Cc1cc(/N=c2\[nH]c(=O)n(C3CN(C(=O)OC(C)(C)C)C3)c(=O)n2Cc2ccc(Cl)cc2)ccc1OC(C)C. The van der Waals surface area contributed by atoms with Crippen LogP contribution in [0.2, 0.25) is 5.02 Å². The van der Waals surface area contributed by atoms with E-state index in [1.807, 2.05) is 45.0 Å². The summed E-state index contributed by atoms with van der Waals surface area (Å²) in [6.45, 7) is 11.7. The first-order valence-electron chi connectivity index (χ1n) is 12.8. The van der Waals surface area contributed by atoms with Gasteiger partial charge >= 0.3 is 17.5 Å². The van der Waals surface area contributed by atoms with Crippen LogP contribution in [0.4, 0.5) is 10.5 Å². The largest absolute Gasteiger partial charge is 0.491 e. The number of likely N-dealkylation sites (tertiary alicyclic amines) is 1. The number of halogens is 1. The molecular formula is C28H34ClN5O5. The quantitative estimate of drug-likeness (QED) is 0.491. The molecule has 208 valence electrons. The molecule has 39 heavy (non-hydrogen) atoms. The van der Waals surface area contributed by atoms with E-state index in [0.717, 1.165) is 21.4 Å². The van der Waals surface area contributed by atoms with Crippen LogP contribution in [0.5, 0.6) is 5.75 Å². The van der Waals surface area contributed by atoms with Gasteiger partial charge in [-0.1, -0.05) is 23.7 Å². The highest BCUT2D eigenvalue weighted by Gasteiger charge is 2.36. The number of carbonyl (C=O) groups excluding carboxylic acids is 1. The van der Waals surface area contributed by atoms with Gasteiger partial charge in [-0.15, -0.1) is 0 Å². The van der Waals surface area contributed by atoms with Gasteiger partial charge in [0.25, 0.3) is 0 Å². The maximum absolute atomic E-state index is 13.7. The van der Waals surface area contributed by atoms with Crippen molar-refractivity contribution in [2.24, 2.45) is 4.99 Å². The van der Waals surface area contributed by atoms with E-state index < -0.39 is 29.1 Å². The second kappa shape index (κ2) is 11.1. The number of benzene rings is 2. The standard InChI is InChI=1S/C28H34ClN5O5/c1-17(2)38-23-12-11-21(13-18(23)3)30-24-31-25(35)34(22-15-32(16-22)27(37)39-28(4,5)6)26(36)33(24)14-19-7-9-20(29)10-8-19/h7-13,17,22H,14-16H2,1-6H3,(H,30,31,35). The first-order chi connectivity index (χ1) is 18.3. The molecule has 1 N–H and O–H groups in total. The van der Waals surface area contributed by atoms with Crippen molar-refractivity contribution in [3.05, 3.63) is 85.2 Å². The number of amides is 1. The zero-order chi connectivity index (χ0) is 28.5. The van der Waals surface area contributed by atoms with E-state index in [0.29, 0.717) is 10.7 Å². The average molecular weight is 556 g/mol. The van der Waals surface area contributed by atoms with Crippen molar-refractivity contribution < 1.29 is 14.3 Å². The van der Waals surface area contributed by atoms with E-state index in [1.54, 1.807) is 39.0 Å². The van der Waals surface area contributed by atoms with Gasteiger partial charge in [0.15, 0.2) is 0 Å². The van der Waals surface area contributed by atoms with Gasteiger partial charge in [0.05, 0.1) is 24.4 Å². The normalized spacial score (nSPS) is 14.5. The summed E-state index contributed by atoms with van der Waals surface area (Å²) in [6, 6.07) is 12.0. The van der Waals surface area contributed by atoms with Crippen molar-refractivity contribution in [2.45, 2.75) is 65.8 Å². The molecule has 0 bridgehead atoms. The van der Waals surface area contributed by atoms with E-state index in [1.165, 1.54) is 9.47 Å². The average Bonchev–Trinajstić information content (AvgIpc) is 2.79. The lowest BCUT2D eigenvalue weighted by Gasteiger charge is -2.39. The smallest absolute Gasteiger partial charge is 0.410 e. The van der Waals surface area contributed by atoms with Gasteiger partial charge in [-0.05, 0) is 83.0 Å². The third-order valence-electron chi connectivity index (χ3n) is 6.02. The molecule has 0 unspecified atom stereocenters. The molecule has 2 aromatic carbocycles. The molecule has 10 nitrogen and oxygen atoms in total. The number of aromatic nitrogens is 3. The van der Waals surface area contributed by atoms with Gasteiger partial charge in [-0.2, -0.15) is 0 Å². The fraction of sp³-hybridized carbons (Fsp3) is 0.429. The summed E-state index contributed by atoms with van der Waals surface area (Å²) in [6.07, 6.45) is -0.459. The first kappa shape index (κ1) is 28.2. The highest BCUT2D eigenvalue weighted by molar-refractivity contribution is 6.30. The Labute approximate surface area is 231 Å². The van der Waals surface area contributed by atoms with Crippen molar-refractivity contribution in [1.82, 2.24) is 19.0 Å². The molecule has 1 aliphatic rings. The van der Waals surface area contributed by atoms with Gasteiger partial charge in [0.1, 0.15) is 11.4 Å². The molecule has 11 heteroatoms. The summed E-state index contributed by atoms with van der Waals surface area (Å²) in [7, 11) is 0. The zero-order valence-electron chi connectivity index (χ0n) is 23.0. The van der Waals surface area contributed by atoms with Crippen molar-refractivity contribution in [3.8, 4) is 5.75 Å². The summed E-state index contributed by atoms with van der Waals surface area (Å²) < 4.78 is 13.8. The predicted octanol–water partition coefficient (Wildman–Crippen LogP) is 4.16. The zero-order valence-corrected chi connectivity index (χ0v) is 23.8. The van der Waals surface area contributed by atoms with Crippen molar-refractivity contribution in [3.63, 3.8) is 0 Å². The number of hydrogen-bond acceptors (Lipinski definition) is 6. The number of aromatic amines is 1. The van der Waals surface area contributed by atoms with E-state index in [2.05, 4.69) is 9.98 Å². The summed E-state index contributed by atoms with van der Waals surface area (Å²) in [5.74, 6) is 0.737. The molecule has 2 heterocycles. The Balaban J connectivity index is 1.73. The van der Waals surface area contributed by atoms with Crippen LogP contribution < -0.4 is 21.7 Å². The van der Waals surface area contributed by atoms with E-state index in [-0.39, 0.29) is 31.4 Å². The van der Waals surface area contributed by atoms with Gasteiger partial charge in [0, 0.05) is 18.1 Å². The van der Waals surface area contributed by atoms with Gasteiger partial charge in [0.2, 0.25) is 5.62 Å². The molecular weight excluding hydrogens is 522 g/mol. The lowest BCUT2D eigenvalue weighted by atomic mass is 10.1. The van der Waals surface area contributed by atoms with Crippen LogP contribution in [-0.2, 0) is 11.3 Å². The van der Waals surface area contributed by atoms with Crippen LogP contribution in [-0.4, -0.2) is 49.9 Å². The van der Waals surface area contributed by atoms with Gasteiger partial charge < -0.3 is 14.4 Å². The third-order valence-corrected chi connectivity index (χ3v) is 6.27. The topological polar surface area (TPSA) is 111 Å². The number of hydrogen-bond donors (Lipinski definition) is 1. The van der Waals surface area contributed by atoms with Crippen LogP contribution in [0.3, 0.4) is 0 Å². The van der Waals surface area contributed by atoms with Crippen LogP contribution in [0.15, 0.2) is 57.0 Å². The number of carbonyl (C=O) groups is 1. The molecule has 0 aliphatic carbocycles. The number of nitrogens with zero attached hydrogens (tertiary/aromatic N) is 4. The molecule has 4 rings (SSSR count). The Morgan fingerprint density at radius 3 is 2.38 bits per heavy atom. The van der Waals surface area contributed by atoms with Crippen LogP contribution >= 0.6 is 11.6 Å². The van der Waals surface area contributed by atoms with Crippen molar-refractivity contribution in [1.29, 1.82) is 0 Å². The third kappa shape index (κ3) is 6.81. The minimum Gasteiger partial charge on any atom is -0.491 e. The molecule has 1 aliphatic heterocycles. The molecule has 1 aromatic heterocycles. The minimum atomic E-state index is -0.640. The number of H-pyrrole nitrogens is 1. The number of nitrogens with one attached hydrogen (secondary N) is 1. The Bertz CT molecular complexity index is 1540. The van der Waals surface area contributed by atoms with E-state index >= 15 is 0 Å². The summed E-state index contributed by atoms with van der Waals surface area (Å²) in [5, 5.41) is 0.573. The lowest BCUT2D eigenvalue weighted by Crippen LogP contribution is -2.60. The summed E-state index contributed by atoms with van der Waals surface area (Å²) in [5.41, 5.74) is 0.573. The molecule has 0 saturated carbocycles.